The van der Waals surface area contributed by atoms with Gasteiger partial charge >= 0.3 is 11.2 Å². The summed E-state index contributed by atoms with van der Waals surface area (Å²) >= 11 is 0. The largest absolute Gasteiger partial charge is 0.743 e. The maximum Gasteiger partial charge on any atom is 0.367 e. The predicted molar refractivity (Wildman–Crippen MR) is 165 cm³/mol. The Balaban J connectivity index is 0.000000402. The SMILES string of the molecule is C.C.CCC(C)c1ccc(C(=O)OCC(F)(F)S(=O)(=O)[O-])cc1.c1ccc([S+](c2ccccc2)c2ccccc2)cc1. The first-order chi connectivity index (χ1) is 19.0. The topological polar surface area (TPSA) is 83.5 Å². The first kappa shape index (κ1) is 36.5. The summed E-state index contributed by atoms with van der Waals surface area (Å²) in [7, 11) is -5.88. The molecule has 0 aliphatic heterocycles. The van der Waals surface area contributed by atoms with Crippen LogP contribution in [0.15, 0.2) is 130 Å². The molecule has 0 amide bonds. The van der Waals surface area contributed by atoms with Crippen molar-refractivity contribution >= 4 is 27.0 Å². The zero-order chi connectivity index (χ0) is 29.2. The molecule has 42 heavy (non-hydrogen) atoms. The number of benzene rings is 4. The van der Waals surface area contributed by atoms with Crippen LogP contribution in [0.3, 0.4) is 0 Å². The van der Waals surface area contributed by atoms with Crippen LogP contribution in [0, 0.1) is 0 Å². The number of halogens is 2. The average Bonchev–Trinajstić information content (AvgIpc) is 2.97. The van der Waals surface area contributed by atoms with Gasteiger partial charge in [-0.25, -0.2) is 13.2 Å². The Morgan fingerprint density at radius 3 is 1.50 bits per heavy atom. The highest BCUT2D eigenvalue weighted by molar-refractivity contribution is 7.97. The fraction of sp³-hybridized carbons (Fsp3) is 0.242. The summed E-state index contributed by atoms with van der Waals surface area (Å²) in [6, 6.07) is 38.3. The van der Waals surface area contributed by atoms with E-state index in [1.165, 1.54) is 26.8 Å². The van der Waals surface area contributed by atoms with E-state index >= 15 is 0 Å². The number of hydrogen-bond donors (Lipinski definition) is 0. The van der Waals surface area contributed by atoms with Crippen LogP contribution in [-0.2, 0) is 25.7 Å². The van der Waals surface area contributed by atoms with Gasteiger partial charge in [-0.15, -0.1) is 0 Å². The van der Waals surface area contributed by atoms with Crippen LogP contribution >= 0.6 is 0 Å². The quantitative estimate of drug-likeness (QED) is 0.107. The molecule has 0 aliphatic rings. The monoisotopic (exact) mass is 616 g/mol. The molecule has 4 aromatic rings. The molecule has 4 aromatic carbocycles. The Morgan fingerprint density at radius 2 is 1.17 bits per heavy atom. The second-order valence-electron chi connectivity index (χ2n) is 8.84. The molecule has 0 fully saturated rings. The van der Waals surface area contributed by atoms with Crippen LogP contribution in [0.4, 0.5) is 8.78 Å². The molecule has 1 unspecified atom stereocenters. The number of hydrogen-bond acceptors (Lipinski definition) is 5. The van der Waals surface area contributed by atoms with Gasteiger partial charge in [0, 0.05) is 0 Å². The van der Waals surface area contributed by atoms with E-state index in [1.54, 1.807) is 12.1 Å². The van der Waals surface area contributed by atoms with Crippen molar-refractivity contribution in [2.24, 2.45) is 0 Å². The van der Waals surface area contributed by atoms with Gasteiger partial charge in [-0.1, -0.05) is 95.4 Å². The zero-order valence-corrected chi connectivity index (χ0v) is 23.7. The van der Waals surface area contributed by atoms with Crippen molar-refractivity contribution in [3.05, 3.63) is 126 Å². The van der Waals surface area contributed by atoms with Crippen molar-refractivity contribution in [3.8, 4) is 0 Å². The second kappa shape index (κ2) is 16.8. The molecule has 5 nitrogen and oxygen atoms in total. The lowest BCUT2D eigenvalue weighted by Crippen LogP contribution is -2.34. The molecule has 0 spiro atoms. The Hall–Kier alpha value is -3.53. The Labute approximate surface area is 251 Å². The lowest BCUT2D eigenvalue weighted by molar-refractivity contribution is -0.00997. The van der Waals surface area contributed by atoms with Gasteiger partial charge in [0.2, 0.25) is 0 Å². The molecule has 9 heteroatoms. The minimum absolute atomic E-state index is 0. The summed E-state index contributed by atoms with van der Waals surface area (Å²) in [6.45, 7) is 2.19. The Bertz CT molecular complexity index is 1360. The van der Waals surface area contributed by atoms with Crippen molar-refractivity contribution in [2.45, 2.75) is 61.0 Å². The number of carbonyl (C=O) groups excluding carboxylic acids is 1. The molecule has 0 aliphatic carbocycles. The molecule has 0 bridgehead atoms. The lowest BCUT2D eigenvalue weighted by Gasteiger charge is -2.19. The third-order valence-corrected chi connectivity index (χ3v) is 9.08. The highest BCUT2D eigenvalue weighted by Gasteiger charge is 2.39. The van der Waals surface area contributed by atoms with E-state index in [0.717, 1.165) is 12.0 Å². The third-order valence-electron chi connectivity index (χ3n) is 6.00. The van der Waals surface area contributed by atoms with E-state index in [9.17, 15) is 26.5 Å². The van der Waals surface area contributed by atoms with E-state index in [0.29, 0.717) is 0 Å². The zero-order valence-electron chi connectivity index (χ0n) is 22.1. The number of rotatable bonds is 9. The summed E-state index contributed by atoms with van der Waals surface area (Å²) in [5.41, 5.74) is 0.975. The predicted octanol–water partition coefficient (Wildman–Crippen LogP) is 8.55. The second-order valence-corrected chi connectivity index (χ2v) is 12.4. The molecule has 0 aromatic heterocycles. The van der Waals surface area contributed by atoms with Crippen molar-refractivity contribution in [3.63, 3.8) is 0 Å². The summed E-state index contributed by atoms with van der Waals surface area (Å²) < 4.78 is 60.6. The summed E-state index contributed by atoms with van der Waals surface area (Å²) in [4.78, 5) is 15.6. The summed E-state index contributed by atoms with van der Waals surface area (Å²) in [5, 5.41) is -4.64. The summed E-state index contributed by atoms with van der Waals surface area (Å²) in [5.74, 6) is -0.834. The molecular weight excluding hydrogens is 578 g/mol. The number of esters is 1. The van der Waals surface area contributed by atoms with Crippen LogP contribution in [0.1, 0.15) is 57.0 Å². The summed E-state index contributed by atoms with van der Waals surface area (Å²) in [6.07, 6.45) is 0.900. The van der Waals surface area contributed by atoms with Gasteiger partial charge in [0.1, 0.15) is 0 Å². The van der Waals surface area contributed by atoms with Gasteiger partial charge in [-0.2, -0.15) is 8.78 Å². The van der Waals surface area contributed by atoms with Gasteiger partial charge in [0.15, 0.2) is 31.4 Å². The maximum absolute atomic E-state index is 12.8. The molecule has 0 radical (unpaired) electrons. The van der Waals surface area contributed by atoms with E-state index in [1.807, 2.05) is 13.8 Å². The highest BCUT2D eigenvalue weighted by atomic mass is 32.2. The van der Waals surface area contributed by atoms with Gasteiger partial charge in [-0.05, 0) is 66.4 Å². The van der Waals surface area contributed by atoms with E-state index in [4.69, 9.17) is 0 Å². The van der Waals surface area contributed by atoms with Crippen molar-refractivity contribution in [1.82, 2.24) is 0 Å². The van der Waals surface area contributed by atoms with Crippen molar-refractivity contribution < 1.29 is 31.3 Å². The third kappa shape index (κ3) is 10.1. The van der Waals surface area contributed by atoms with Crippen LogP contribution in [-0.4, -0.2) is 30.8 Å². The van der Waals surface area contributed by atoms with E-state index < -0.39 is 27.9 Å². The molecular formula is C33H38F2O5S2. The first-order valence-corrected chi connectivity index (χ1v) is 15.2. The average molecular weight is 617 g/mol. The first-order valence-electron chi connectivity index (χ1n) is 12.5. The maximum atomic E-state index is 12.8. The van der Waals surface area contributed by atoms with Gasteiger partial charge in [-0.3, -0.25) is 0 Å². The molecule has 0 N–H and O–H groups in total. The fourth-order valence-corrected chi connectivity index (χ4v) is 5.87. The van der Waals surface area contributed by atoms with Crippen LogP contribution in [0.2, 0.25) is 0 Å². The van der Waals surface area contributed by atoms with Crippen molar-refractivity contribution in [2.75, 3.05) is 6.61 Å². The fourth-order valence-electron chi connectivity index (χ4n) is 3.57. The smallest absolute Gasteiger partial charge is 0.367 e. The highest BCUT2D eigenvalue weighted by Crippen LogP contribution is 2.30. The Morgan fingerprint density at radius 1 is 0.786 bits per heavy atom. The van der Waals surface area contributed by atoms with Crippen LogP contribution in [0.5, 0.6) is 0 Å². The van der Waals surface area contributed by atoms with Crippen molar-refractivity contribution in [1.29, 1.82) is 0 Å². The standard InChI is InChI=1S/C18H15S.C13H16F2O5S.2CH4/c1-4-10-16(11-5-1)19(17-12-6-2-7-13-17)18-14-8-3-9-15-18;1-3-9(2)10-4-6-11(7-5-10)12(16)20-8-13(14,15)21(17,18)19;;/h1-15H;4-7,9H,3,8H2,1-2H3,(H,17,18,19);2*1H4/q+1;;;/p-1. The van der Waals surface area contributed by atoms with E-state index in [-0.39, 0.29) is 37.2 Å². The Kier molecular flexibility index (Phi) is 14.6. The number of ether oxygens (including phenoxy) is 1. The number of alkyl halides is 2. The van der Waals surface area contributed by atoms with Crippen LogP contribution < -0.4 is 0 Å². The molecule has 0 saturated heterocycles. The molecule has 0 saturated carbocycles. The van der Waals surface area contributed by atoms with Gasteiger partial charge in [0.25, 0.3) is 0 Å². The minimum Gasteiger partial charge on any atom is -0.743 e. The van der Waals surface area contributed by atoms with Gasteiger partial charge < -0.3 is 9.29 Å². The normalized spacial score (nSPS) is 11.7. The molecule has 0 heterocycles. The molecule has 226 valence electrons. The lowest BCUT2D eigenvalue weighted by atomic mass is 9.98. The van der Waals surface area contributed by atoms with Crippen LogP contribution in [0.25, 0.3) is 0 Å². The molecule has 1 atom stereocenters. The minimum atomic E-state index is -5.86. The van der Waals surface area contributed by atoms with Gasteiger partial charge in [0.05, 0.1) is 16.5 Å². The molecule has 4 rings (SSSR count). The van der Waals surface area contributed by atoms with E-state index in [2.05, 4.69) is 95.7 Å². The number of carbonyl (C=O) groups is 1.